The van der Waals surface area contributed by atoms with Crippen molar-refractivity contribution in [3.8, 4) is 0 Å². The van der Waals surface area contributed by atoms with Crippen molar-refractivity contribution in [2.45, 2.75) is 51.6 Å². The van der Waals surface area contributed by atoms with E-state index in [9.17, 15) is 22.8 Å². The van der Waals surface area contributed by atoms with Gasteiger partial charge in [0.2, 0.25) is 0 Å². The van der Waals surface area contributed by atoms with Crippen molar-refractivity contribution in [1.29, 1.82) is 0 Å². The Morgan fingerprint density at radius 3 is 1.94 bits per heavy atom. The Morgan fingerprint density at radius 1 is 1.22 bits per heavy atom. The number of carboxylic acids is 1. The van der Waals surface area contributed by atoms with Gasteiger partial charge in [0.1, 0.15) is 0 Å². The van der Waals surface area contributed by atoms with Gasteiger partial charge in [-0.1, -0.05) is 0 Å². The summed E-state index contributed by atoms with van der Waals surface area (Å²) < 4.78 is 41.3. The Bertz CT molecular complexity index is 322. The summed E-state index contributed by atoms with van der Waals surface area (Å²) in [4.78, 5) is 21.5. The second-order valence-corrected chi connectivity index (χ2v) is 4.72. The Labute approximate surface area is 102 Å². The van der Waals surface area contributed by atoms with Crippen LogP contribution in [0.3, 0.4) is 0 Å². The maximum atomic E-state index is 12.0. The fourth-order valence-corrected chi connectivity index (χ4v) is 1.23. The van der Waals surface area contributed by atoms with Crippen LogP contribution < -0.4 is 5.32 Å². The molecule has 1 amide bonds. The number of halogens is 3. The highest BCUT2D eigenvalue weighted by Gasteiger charge is 2.42. The van der Waals surface area contributed by atoms with E-state index in [2.05, 4.69) is 0 Å². The molecular formula is C10H16F3NO4. The van der Waals surface area contributed by atoms with E-state index in [-0.39, 0.29) is 0 Å². The molecule has 0 bridgehead atoms. The van der Waals surface area contributed by atoms with Crippen LogP contribution in [0.15, 0.2) is 0 Å². The number of carboxylic acid groups (broad SMARTS) is 1. The summed E-state index contributed by atoms with van der Waals surface area (Å²) in [6.45, 7) is 6.14. The van der Waals surface area contributed by atoms with Crippen LogP contribution in [0.2, 0.25) is 0 Å². The molecule has 106 valence electrons. The second kappa shape index (κ2) is 5.55. The number of hydrogen-bond acceptors (Lipinski definition) is 3. The first-order chi connectivity index (χ1) is 7.84. The molecule has 0 aromatic rings. The van der Waals surface area contributed by atoms with Crippen molar-refractivity contribution in [1.82, 2.24) is 5.32 Å². The first-order valence-corrected chi connectivity index (χ1v) is 5.13. The molecule has 0 aliphatic heterocycles. The van der Waals surface area contributed by atoms with E-state index in [4.69, 9.17) is 9.84 Å². The monoisotopic (exact) mass is 271 g/mol. The first kappa shape index (κ1) is 16.7. The molecular weight excluding hydrogens is 255 g/mol. The first-order valence-electron chi connectivity index (χ1n) is 5.13. The molecule has 18 heavy (non-hydrogen) atoms. The molecule has 5 nitrogen and oxygen atoms in total. The van der Waals surface area contributed by atoms with Crippen molar-refractivity contribution in [2.24, 2.45) is 0 Å². The van der Waals surface area contributed by atoms with E-state index in [0.29, 0.717) is 0 Å². The zero-order valence-electron chi connectivity index (χ0n) is 10.5. The van der Waals surface area contributed by atoms with Gasteiger partial charge in [-0.05, 0) is 27.7 Å². The molecule has 0 aliphatic carbocycles. The highest BCUT2D eigenvalue weighted by molar-refractivity contribution is 5.87. The van der Waals surface area contributed by atoms with Crippen LogP contribution in [0, 0.1) is 0 Å². The number of hydrogen-bond donors (Lipinski definition) is 2. The predicted molar refractivity (Wildman–Crippen MR) is 55.9 cm³/mol. The third kappa shape index (κ3) is 5.85. The maximum Gasteiger partial charge on any atom is 0.471 e. The minimum Gasteiger partial charge on any atom is -0.480 e. The summed E-state index contributed by atoms with van der Waals surface area (Å²) in [6.07, 6.45) is -6.23. The van der Waals surface area contributed by atoms with Gasteiger partial charge in [-0.3, -0.25) is 4.79 Å². The molecule has 0 spiro atoms. The molecule has 0 heterocycles. The van der Waals surface area contributed by atoms with Gasteiger partial charge in [-0.15, -0.1) is 0 Å². The number of ether oxygens (including phenoxy) is 1. The fraction of sp³-hybridized carbons (Fsp3) is 0.800. The number of rotatable bonds is 4. The van der Waals surface area contributed by atoms with Gasteiger partial charge >= 0.3 is 18.1 Å². The van der Waals surface area contributed by atoms with E-state index in [1.54, 1.807) is 20.8 Å². The van der Waals surface area contributed by atoms with E-state index in [1.165, 1.54) is 12.2 Å². The van der Waals surface area contributed by atoms with Crippen LogP contribution >= 0.6 is 0 Å². The predicted octanol–water partition coefficient (Wildman–Crippen LogP) is 1.32. The molecule has 0 saturated carbocycles. The number of aliphatic carboxylic acids is 1. The minimum absolute atomic E-state index is 0.740. The summed E-state index contributed by atoms with van der Waals surface area (Å²) in [7, 11) is 0. The van der Waals surface area contributed by atoms with Crippen LogP contribution in [-0.4, -0.2) is 40.9 Å². The summed E-state index contributed by atoms with van der Waals surface area (Å²) in [5.41, 5.74) is -0.740. The quantitative estimate of drug-likeness (QED) is 0.808. The zero-order chi connectivity index (χ0) is 14.7. The third-order valence-corrected chi connectivity index (χ3v) is 1.82. The molecule has 1 unspecified atom stereocenters. The third-order valence-electron chi connectivity index (χ3n) is 1.82. The lowest BCUT2D eigenvalue weighted by Crippen LogP contribution is -2.53. The summed E-state index contributed by atoms with van der Waals surface area (Å²) in [5.74, 6) is -3.90. The van der Waals surface area contributed by atoms with Crippen LogP contribution in [0.1, 0.15) is 27.7 Å². The Balaban J connectivity index is 4.79. The zero-order valence-corrected chi connectivity index (χ0v) is 10.5. The smallest absolute Gasteiger partial charge is 0.471 e. The van der Waals surface area contributed by atoms with Crippen LogP contribution in [0.25, 0.3) is 0 Å². The number of amides is 1. The molecule has 0 fully saturated rings. The van der Waals surface area contributed by atoms with E-state index in [0.717, 1.165) is 0 Å². The molecule has 0 aromatic heterocycles. The van der Waals surface area contributed by atoms with Crippen molar-refractivity contribution in [2.75, 3.05) is 0 Å². The largest absolute Gasteiger partial charge is 0.480 e. The molecule has 0 radical (unpaired) electrons. The van der Waals surface area contributed by atoms with E-state index >= 15 is 0 Å². The number of carbonyl (C=O) groups is 2. The van der Waals surface area contributed by atoms with Crippen molar-refractivity contribution in [3.63, 3.8) is 0 Å². The topological polar surface area (TPSA) is 75.6 Å². The molecule has 2 N–H and O–H groups in total. The molecule has 0 aliphatic rings. The van der Waals surface area contributed by atoms with Crippen molar-refractivity contribution in [3.05, 3.63) is 0 Å². The van der Waals surface area contributed by atoms with E-state index < -0.39 is 35.8 Å². The van der Waals surface area contributed by atoms with Gasteiger partial charge in [-0.25, -0.2) is 4.79 Å². The number of nitrogens with one attached hydrogen (secondary N) is 1. The summed E-state index contributed by atoms with van der Waals surface area (Å²) in [5, 5.41) is 10.2. The lowest BCUT2D eigenvalue weighted by Gasteiger charge is -2.29. The van der Waals surface area contributed by atoms with Crippen molar-refractivity contribution >= 4 is 11.9 Å². The Morgan fingerprint density at radius 2 is 1.67 bits per heavy atom. The van der Waals surface area contributed by atoms with Gasteiger partial charge in [-0.2, -0.15) is 13.2 Å². The highest BCUT2D eigenvalue weighted by Crippen LogP contribution is 2.17. The maximum absolute atomic E-state index is 12.0. The standard InChI is InChI=1S/C10H16F3NO4/c1-5(18-9(2,3)4)6(7(15)16)14-8(17)10(11,12)13/h5-6H,1-4H3,(H,14,17)(H,15,16)/t5-,6?/m1/s1. The van der Waals surface area contributed by atoms with Crippen LogP contribution in [0.4, 0.5) is 13.2 Å². The van der Waals surface area contributed by atoms with Gasteiger partial charge in [0.15, 0.2) is 6.04 Å². The molecule has 0 aromatic carbocycles. The summed E-state index contributed by atoms with van der Waals surface area (Å²) in [6, 6.07) is -1.77. The van der Waals surface area contributed by atoms with Gasteiger partial charge < -0.3 is 15.2 Å². The highest BCUT2D eigenvalue weighted by atomic mass is 19.4. The Hall–Kier alpha value is -1.31. The van der Waals surface area contributed by atoms with Crippen LogP contribution in [0.5, 0.6) is 0 Å². The van der Waals surface area contributed by atoms with Crippen LogP contribution in [-0.2, 0) is 14.3 Å². The lowest BCUT2D eigenvalue weighted by atomic mass is 10.1. The average molecular weight is 271 g/mol. The van der Waals surface area contributed by atoms with Crippen molar-refractivity contribution < 1.29 is 32.6 Å². The summed E-state index contributed by atoms with van der Waals surface area (Å²) >= 11 is 0. The number of alkyl halides is 3. The van der Waals surface area contributed by atoms with Gasteiger partial charge in [0, 0.05) is 0 Å². The Kier molecular flexibility index (Phi) is 5.15. The lowest BCUT2D eigenvalue weighted by molar-refractivity contribution is -0.178. The van der Waals surface area contributed by atoms with E-state index in [1.807, 2.05) is 0 Å². The molecule has 2 atom stereocenters. The number of carbonyl (C=O) groups excluding carboxylic acids is 1. The molecule has 8 heteroatoms. The molecule has 0 saturated heterocycles. The SMILES string of the molecule is C[C@@H](OC(C)(C)C)C(NC(=O)C(F)(F)F)C(=O)O. The molecule has 0 rings (SSSR count). The van der Waals surface area contributed by atoms with Gasteiger partial charge in [0.05, 0.1) is 11.7 Å². The fourth-order valence-electron chi connectivity index (χ4n) is 1.23. The normalized spacial score (nSPS) is 15.9. The van der Waals surface area contributed by atoms with Gasteiger partial charge in [0.25, 0.3) is 0 Å². The minimum atomic E-state index is -5.13. The average Bonchev–Trinajstić information content (AvgIpc) is 2.07. The second-order valence-electron chi connectivity index (χ2n) is 4.72.